The second kappa shape index (κ2) is 4.45. The number of piperidine rings is 1. The molecule has 0 radical (unpaired) electrons. The van der Waals surface area contributed by atoms with Crippen LogP contribution in [0.25, 0.3) is 0 Å². The highest BCUT2D eigenvalue weighted by Crippen LogP contribution is 2.36. The number of halogens is 1. The SMILES string of the molecule is C1CNCC2(C1)CCOCC2.Cl. The third kappa shape index (κ3) is 2.12. The van der Waals surface area contributed by atoms with Gasteiger partial charge in [0.2, 0.25) is 0 Å². The average molecular weight is 192 g/mol. The Hall–Kier alpha value is 0.210. The van der Waals surface area contributed by atoms with Crippen molar-refractivity contribution in [3.8, 4) is 0 Å². The summed E-state index contributed by atoms with van der Waals surface area (Å²) >= 11 is 0. The topological polar surface area (TPSA) is 21.3 Å². The molecule has 2 aliphatic heterocycles. The lowest BCUT2D eigenvalue weighted by Gasteiger charge is -2.40. The van der Waals surface area contributed by atoms with Gasteiger partial charge in [-0.05, 0) is 37.6 Å². The molecule has 0 unspecified atom stereocenters. The zero-order valence-electron chi connectivity index (χ0n) is 7.47. The number of hydrogen-bond acceptors (Lipinski definition) is 2. The van der Waals surface area contributed by atoms with Crippen LogP contribution in [-0.2, 0) is 4.74 Å². The summed E-state index contributed by atoms with van der Waals surface area (Å²) in [5, 5.41) is 3.49. The van der Waals surface area contributed by atoms with E-state index in [2.05, 4.69) is 5.32 Å². The van der Waals surface area contributed by atoms with E-state index in [1.807, 2.05) is 0 Å². The number of nitrogens with one attached hydrogen (secondary N) is 1. The molecule has 2 aliphatic rings. The Labute approximate surface area is 80.5 Å². The van der Waals surface area contributed by atoms with Crippen LogP contribution in [0, 0.1) is 5.41 Å². The largest absolute Gasteiger partial charge is 0.381 e. The summed E-state index contributed by atoms with van der Waals surface area (Å²) in [5.74, 6) is 0. The van der Waals surface area contributed by atoms with Crippen LogP contribution in [0.5, 0.6) is 0 Å². The van der Waals surface area contributed by atoms with Crippen LogP contribution in [-0.4, -0.2) is 26.3 Å². The zero-order valence-corrected chi connectivity index (χ0v) is 8.29. The maximum Gasteiger partial charge on any atom is 0.0471 e. The molecule has 0 aromatic heterocycles. The molecule has 2 rings (SSSR count). The molecule has 2 fully saturated rings. The molecular formula is C9H18ClNO. The minimum atomic E-state index is 0. The fourth-order valence-electron chi connectivity index (χ4n) is 2.26. The third-order valence-electron chi connectivity index (χ3n) is 3.11. The quantitative estimate of drug-likeness (QED) is 0.628. The molecule has 2 nitrogen and oxygen atoms in total. The molecule has 3 heteroatoms. The number of hydrogen-bond donors (Lipinski definition) is 1. The summed E-state index contributed by atoms with van der Waals surface area (Å²) in [6, 6.07) is 0. The Morgan fingerprint density at radius 2 is 1.83 bits per heavy atom. The van der Waals surface area contributed by atoms with Crippen molar-refractivity contribution in [2.75, 3.05) is 26.3 Å². The van der Waals surface area contributed by atoms with Gasteiger partial charge < -0.3 is 10.1 Å². The second-order valence-corrected chi connectivity index (χ2v) is 3.89. The lowest BCUT2D eigenvalue weighted by molar-refractivity contribution is 0.00253. The Bertz CT molecular complexity index is 109. The summed E-state index contributed by atoms with van der Waals surface area (Å²) in [6.45, 7) is 4.43. The molecule has 1 N–H and O–H groups in total. The first-order valence-electron chi connectivity index (χ1n) is 4.70. The molecule has 0 aliphatic carbocycles. The first-order chi connectivity index (χ1) is 5.41. The molecule has 0 amide bonds. The standard InChI is InChI=1S/C9H17NO.ClH/c1-2-9(8-10-5-1)3-6-11-7-4-9;/h10H,1-8H2;1H. The Morgan fingerprint density at radius 3 is 2.42 bits per heavy atom. The minimum Gasteiger partial charge on any atom is -0.381 e. The van der Waals surface area contributed by atoms with Gasteiger partial charge in [0.05, 0.1) is 0 Å². The summed E-state index contributed by atoms with van der Waals surface area (Å²) in [5.41, 5.74) is 0.622. The van der Waals surface area contributed by atoms with Crippen molar-refractivity contribution in [3.63, 3.8) is 0 Å². The van der Waals surface area contributed by atoms with Crippen LogP contribution in [0.2, 0.25) is 0 Å². The Kier molecular flexibility index (Phi) is 3.81. The maximum absolute atomic E-state index is 5.37. The Balaban J connectivity index is 0.000000720. The van der Waals surface area contributed by atoms with Crippen LogP contribution in [0.1, 0.15) is 25.7 Å². The van der Waals surface area contributed by atoms with Gasteiger partial charge in [-0.2, -0.15) is 0 Å². The van der Waals surface area contributed by atoms with Gasteiger partial charge in [0.25, 0.3) is 0 Å². The third-order valence-corrected chi connectivity index (χ3v) is 3.11. The molecule has 0 bridgehead atoms. The van der Waals surface area contributed by atoms with E-state index in [1.165, 1.54) is 38.8 Å². The van der Waals surface area contributed by atoms with E-state index in [0.29, 0.717) is 5.41 Å². The van der Waals surface area contributed by atoms with Gasteiger partial charge in [0.15, 0.2) is 0 Å². The van der Waals surface area contributed by atoms with E-state index in [9.17, 15) is 0 Å². The molecule has 0 aromatic carbocycles. The molecule has 2 heterocycles. The number of ether oxygens (including phenoxy) is 1. The van der Waals surface area contributed by atoms with Gasteiger partial charge in [-0.1, -0.05) is 0 Å². The van der Waals surface area contributed by atoms with Crippen molar-refractivity contribution in [2.24, 2.45) is 5.41 Å². The van der Waals surface area contributed by atoms with E-state index in [0.717, 1.165) is 13.2 Å². The van der Waals surface area contributed by atoms with Crippen molar-refractivity contribution in [1.29, 1.82) is 0 Å². The molecule has 2 saturated heterocycles. The maximum atomic E-state index is 5.37. The van der Waals surface area contributed by atoms with Crippen molar-refractivity contribution in [1.82, 2.24) is 5.32 Å². The van der Waals surface area contributed by atoms with Gasteiger partial charge in [-0.15, -0.1) is 12.4 Å². The van der Waals surface area contributed by atoms with E-state index in [-0.39, 0.29) is 12.4 Å². The predicted molar refractivity (Wildman–Crippen MR) is 51.8 cm³/mol. The molecule has 72 valence electrons. The molecule has 0 saturated carbocycles. The highest BCUT2D eigenvalue weighted by Gasteiger charge is 2.33. The zero-order chi connectivity index (χ0) is 7.57. The van der Waals surface area contributed by atoms with Crippen molar-refractivity contribution in [2.45, 2.75) is 25.7 Å². The van der Waals surface area contributed by atoms with E-state index >= 15 is 0 Å². The van der Waals surface area contributed by atoms with Crippen LogP contribution < -0.4 is 5.32 Å². The summed E-state index contributed by atoms with van der Waals surface area (Å²) in [7, 11) is 0. The van der Waals surface area contributed by atoms with Gasteiger partial charge in [0, 0.05) is 19.8 Å². The molecule has 0 atom stereocenters. The van der Waals surface area contributed by atoms with Crippen LogP contribution in [0.15, 0.2) is 0 Å². The normalized spacial score (nSPS) is 28.0. The predicted octanol–water partition coefficient (Wildman–Crippen LogP) is 1.59. The first-order valence-corrected chi connectivity index (χ1v) is 4.70. The lowest BCUT2D eigenvalue weighted by atomic mass is 9.75. The van der Waals surface area contributed by atoms with Crippen LogP contribution >= 0.6 is 12.4 Å². The van der Waals surface area contributed by atoms with Crippen molar-refractivity contribution < 1.29 is 4.74 Å². The molecule has 0 aromatic rings. The molecule has 1 spiro atoms. The average Bonchev–Trinajstić information content (AvgIpc) is 2.07. The van der Waals surface area contributed by atoms with Crippen molar-refractivity contribution in [3.05, 3.63) is 0 Å². The van der Waals surface area contributed by atoms with Crippen LogP contribution in [0.4, 0.5) is 0 Å². The molecule has 12 heavy (non-hydrogen) atoms. The monoisotopic (exact) mass is 191 g/mol. The highest BCUT2D eigenvalue weighted by molar-refractivity contribution is 5.85. The highest BCUT2D eigenvalue weighted by atomic mass is 35.5. The van der Waals surface area contributed by atoms with E-state index in [4.69, 9.17) is 4.74 Å². The lowest BCUT2D eigenvalue weighted by Crippen LogP contribution is -2.43. The van der Waals surface area contributed by atoms with E-state index < -0.39 is 0 Å². The smallest absolute Gasteiger partial charge is 0.0471 e. The van der Waals surface area contributed by atoms with Gasteiger partial charge in [-0.3, -0.25) is 0 Å². The molecular weight excluding hydrogens is 174 g/mol. The second-order valence-electron chi connectivity index (χ2n) is 3.89. The fourth-order valence-corrected chi connectivity index (χ4v) is 2.26. The first kappa shape index (κ1) is 10.3. The fraction of sp³-hybridized carbons (Fsp3) is 1.00. The Morgan fingerprint density at radius 1 is 1.08 bits per heavy atom. The van der Waals surface area contributed by atoms with Gasteiger partial charge in [0.1, 0.15) is 0 Å². The summed E-state index contributed by atoms with van der Waals surface area (Å²) < 4.78 is 5.37. The van der Waals surface area contributed by atoms with Crippen LogP contribution in [0.3, 0.4) is 0 Å². The van der Waals surface area contributed by atoms with Gasteiger partial charge >= 0.3 is 0 Å². The number of rotatable bonds is 0. The summed E-state index contributed by atoms with van der Waals surface area (Å²) in [4.78, 5) is 0. The van der Waals surface area contributed by atoms with Gasteiger partial charge in [-0.25, -0.2) is 0 Å². The van der Waals surface area contributed by atoms with E-state index in [1.54, 1.807) is 0 Å². The minimum absolute atomic E-state index is 0. The summed E-state index contributed by atoms with van der Waals surface area (Å²) in [6.07, 6.45) is 5.34. The van der Waals surface area contributed by atoms with Crippen molar-refractivity contribution >= 4 is 12.4 Å².